The van der Waals surface area contributed by atoms with Gasteiger partial charge >= 0.3 is 0 Å². The number of rotatable bonds is 3. The molecule has 0 atom stereocenters. The highest BCUT2D eigenvalue weighted by molar-refractivity contribution is 7.89. The van der Waals surface area contributed by atoms with Gasteiger partial charge in [0.15, 0.2) is 0 Å². The Morgan fingerprint density at radius 3 is 2.42 bits per heavy atom. The Bertz CT molecular complexity index is 561. The molecule has 19 heavy (non-hydrogen) atoms. The Labute approximate surface area is 115 Å². The molecule has 0 saturated heterocycles. The minimum Gasteiger partial charge on any atom is -0.398 e. The van der Waals surface area contributed by atoms with E-state index in [1.54, 1.807) is 12.1 Å². The molecule has 0 aromatic heterocycles. The van der Waals surface area contributed by atoms with E-state index >= 15 is 0 Å². The third-order valence-electron chi connectivity index (χ3n) is 3.90. The summed E-state index contributed by atoms with van der Waals surface area (Å²) in [5.74, 6) is 0. The monoisotopic (exact) mass is 282 g/mol. The molecule has 1 fully saturated rings. The van der Waals surface area contributed by atoms with E-state index in [0.29, 0.717) is 5.69 Å². The first kappa shape index (κ1) is 14.3. The molecule has 1 saturated carbocycles. The van der Waals surface area contributed by atoms with Crippen LogP contribution in [0, 0.1) is 6.92 Å². The van der Waals surface area contributed by atoms with Crippen molar-refractivity contribution in [2.24, 2.45) is 0 Å². The van der Waals surface area contributed by atoms with Gasteiger partial charge in [-0.15, -0.1) is 0 Å². The van der Waals surface area contributed by atoms with E-state index in [-0.39, 0.29) is 10.4 Å². The van der Waals surface area contributed by atoms with Gasteiger partial charge in [0.25, 0.3) is 0 Å². The zero-order valence-corrected chi connectivity index (χ0v) is 12.4. The van der Waals surface area contributed by atoms with E-state index in [4.69, 9.17) is 5.73 Å². The van der Waals surface area contributed by atoms with Crippen LogP contribution in [0.1, 0.15) is 44.6 Å². The number of benzene rings is 1. The van der Waals surface area contributed by atoms with Gasteiger partial charge in [-0.25, -0.2) is 13.1 Å². The van der Waals surface area contributed by atoms with Crippen molar-refractivity contribution >= 4 is 15.7 Å². The van der Waals surface area contributed by atoms with Crippen LogP contribution in [0.2, 0.25) is 0 Å². The molecule has 1 aromatic carbocycles. The molecule has 2 rings (SSSR count). The first-order chi connectivity index (χ1) is 8.82. The average molecular weight is 282 g/mol. The number of sulfonamides is 1. The number of aryl methyl sites for hydroxylation is 1. The molecular formula is C14H22N2O2S. The van der Waals surface area contributed by atoms with Crippen molar-refractivity contribution < 1.29 is 8.42 Å². The lowest BCUT2D eigenvalue weighted by molar-refractivity contribution is 0.294. The van der Waals surface area contributed by atoms with Gasteiger partial charge in [0.05, 0.1) is 4.90 Å². The van der Waals surface area contributed by atoms with Crippen molar-refractivity contribution in [3.63, 3.8) is 0 Å². The number of hydrogen-bond acceptors (Lipinski definition) is 3. The minimum absolute atomic E-state index is 0.252. The topological polar surface area (TPSA) is 72.2 Å². The maximum absolute atomic E-state index is 12.4. The van der Waals surface area contributed by atoms with E-state index in [0.717, 1.165) is 31.2 Å². The second-order valence-electron chi connectivity index (χ2n) is 5.75. The maximum Gasteiger partial charge on any atom is 0.241 e. The minimum atomic E-state index is -3.49. The summed E-state index contributed by atoms with van der Waals surface area (Å²) < 4.78 is 27.7. The van der Waals surface area contributed by atoms with Gasteiger partial charge in [0, 0.05) is 11.2 Å². The summed E-state index contributed by atoms with van der Waals surface area (Å²) in [4.78, 5) is 0.252. The summed E-state index contributed by atoms with van der Waals surface area (Å²) in [5, 5.41) is 0. The summed E-state index contributed by atoms with van der Waals surface area (Å²) >= 11 is 0. The van der Waals surface area contributed by atoms with Gasteiger partial charge in [-0.3, -0.25) is 0 Å². The van der Waals surface area contributed by atoms with Crippen LogP contribution in [-0.2, 0) is 10.0 Å². The molecule has 5 heteroatoms. The summed E-state index contributed by atoms with van der Waals surface area (Å²) in [6.45, 7) is 3.85. The Balaban J connectivity index is 2.24. The molecule has 0 radical (unpaired) electrons. The predicted octanol–water partition coefficient (Wildman–Crippen LogP) is 2.58. The Morgan fingerprint density at radius 2 is 1.84 bits per heavy atom. The van der Waals surface area contributed by atoms with E-state index < -0.39 is 10.0 Å². The fraction of sp³-hybridized carbons (Fsp3) is 0.571. The summed E-state index contributed by atoms with van der Waals surface area (Å²) in [5.41, 5.74) is 6.87. The van der Waals surface area contributed by atoms with Gasteiger partial charge < -0.3 is 5.73 Å². The highest BCUT2D eigenvalue weighted by Gasteiger charge is 2.32. The third-order valence-corrected chi connectivity index (χ3v) is 5.53. The highest BCUT2D eigenvalue weighted by Crippen LogP contribution is 2.29. The van der Waals surface area contributed by atoms with Gasteiger partial charge in [0.2, 0.25) is 10.0 Å². The van der Waals surface area contributed by atoms with Gasteiger partial charge in [-0.1, -0.05) is 25.3 Å². The average Bonchev–Trinajstić information content (AvgIpc) is 2.32. The molecule has 1 aliphatic rings. The Kier molecular flexibility index (Phi) is 3.87. The van der Waals surface area contributed by atoms with Crippen molar-refractivity contribution in [3.8, 4) is 0 Å². The largest absolute Gasteiger partial charge is 0.398 e. The second kappa shape index (κ2) is 5.13. The lowest BCUT2D eigenvalue weighted by atomic mass is 9.84. The summed E-state index contributed by atoms with van der Waals surface area (Å²) in [6.07, 6.45) is 5.14. The van der Waals surface area contributed by atoms with E-state index in [9.17, 15) is 8.42 Å². The van der Waals surface area contributed by atoms with Crippen LogP contribution < -0.4 is 10.5 Å². The highest BCUT2D eigenvalue weighted by atomic mass is 32.2. The number of anilines is 1. The maximum atomic E-state index is 12.4. The quantitative estimate of drug-likeness (QED) is 0.837. The van der Waals surface area contributed by atoms with Crippen LogP contribution in [0.4, 0.5) is 5.69 Å². The molecule has 0 spiro atoms. The number of nitrogen functional groups attached to an aromatic ring is 1. The summed E-state index contributed by atoms with van der Waals surface area (Å²) in [6, 6.07) is 4.89. The van der Waals surface area contributed by atoms with Crippen LogP contribution in [0.25, 0.3) is 0 Å². The molecule has 1 aliphatic carbocycles. The molecule has 1 aromatic rings. The van der Waals surface area contributed by atoms with Crippen molar-refractivity contribution in [1.82, 2.24) is 4.72 Å². The molecular weight excluding hydrogens is 260 g/mol. The van der Waals surface area contributed by atoms with Crippen LogP contribution in [0.15, 0.2) is 23.1 Å². The molecule has 0 bridgehead atoms. The molecule has 106 valence electrons. The van der Waals surface area contributed by atoms with Crippen molar-refractivity contribution in [1.29, 1.82) is 0 Å². The Morgan fingerprint density at radius 1 is 1.21 bits per heavy atom. The van der Waals surface area contributed by atoms with E-state index in [2.05, 4.69) is 4.72 Å². The lowest BCUT2D eigenvalue weighted by Gasteiger charge is -2.34. The lowest BCUT2D eigenvalue weighted by Crippen LogP contribution is -2.47. The fourth-order valence-corrected chi connectivity index (χ4v) is 4.10. The third kappa shape index (κ3) is 3.28. The van der Waals surface area contributed by atoms with Crippen molar-refractivity contribution in [2.75, 3.05) is 5.73 Å². The standard InChI is InChI=1S/C14H22N2O2S/c1-11-6-7-12(10-13(11)15)19(17,18)16-14(2)8-4-3-5-9-14/h6-7,10,16H,3-5,8-9,15H2,1-2H3. The first-order valence-corrected chi connectivity index (χ1v) is 8.21. The van der Waals surface area contributed by atoms with Crippen LogP contribution in [0.3, 0.4) is 0 Å². The Hall–Kier alpha value is -1.07. The molecule has 3 N–H and O–H groups in total. The molecule has 0 amide bonds. The van der Waals surface area contributed by atoms with Crippen LogP contribution >= 0.6 is 0 Å². The van der Waals surface area contributed by atoms with Crippen molar-refractivity contribution in [3.05, 3.63) is 23.8 Å². The SMILES string of the molecule is Cc1ccc(S(=O)(=O)NC2(C)CCCCC2)cc1N. The van der Waals surface area contributed by atoms with Gasteiger partial charge in [0.1, 0.15) is 0 Å². The molecule has 0 heterocycles. The fourth-order valence-electron chi connectivity index (χ4n) is 2.60. The smallest absolute Gasteiger partial charge is 0.241 e. The number of hydrogen-bond donors (Lipinski definition) is 2. The number of nitrogens with one attached hydrogen (secondary N) is 1. The first-order valence-electron chi connectivity index (χ1n) is 6.73. The van der Waals surface area contributed by atoms with Crippen LogP contribution in [-0.4, -0.2) is 14.0 Å². The van der Waals surface area contributed by atoms with Gasteiger partial charge in [-0.2, -0.15) is 0 Å². The van der Waals surface area contributed by atoms with E-state index in [1.165, 1.54) is 12.5 Å². The van der Waals surface area contributed by atoms with Crippen LogP contribution in [0.5, 0.6) is 0 Å². The molecule has 0 unspecified atom stereocenters. The second-order valence-corrected chi connectivity index (χ2v) is 7.43. The van der Waals surface area contributed by atoms with E-state index in [1.807, 2.05) is 13.8 Å². The molecule has 4 nitrogen and oxygen atoms in total. The molecule has 0 aliphatic heterocycles. The predicted molar refractivity (Wildman–Crippen MR) is 77.4 cm³/mol. The number of nitrogens with two attached hydrogens (primary N) is 1. The normalized spacial score (nSPS) is 19.3. The van der Waals surface area contributed by atoms with Crippen molar-refractivity contribution in [2.45, 2.75) is 56.4 Å². The van der Waals surface area contributed by atoms with Gasteiger partial charge in [-0.05, 0) is 44.4 Å². The zero-order chi connectivity index (χ0) is 14.1. The summed E-state index contributed by atoms with van der Waals surface area (Å²) in [7, 11) is -3.49. The zero-order valence-electron chi connectivity index (χ0n) is 11.6.